The lowest BCUT2D eigenvalue weighted by Gasteiger charge is -2.36. The summed E-state index contributed by atoms with van der Waals surface area (Å²) in [5.41, 5.74) is 1.68. The fraction of sp³-hybridized carbons (Fsp3) is 0.300. The first-order chi connectivity index (χ1) is 13.7. The minimum atomic E-state index is -0.0354. The molecule has 0 radical (unpaired) electrons. The Morgan fingerprint density at radius 2 is 2.21 bits per heavy atom. The molecule has 1 fully saturated rings. The fourth-order valence-corrected chi connectivity index (χ4v) is 3.53. The van der Waals surface area contributed by atoms with Crippen LogP contribution < -0.4 is 5.32 Å². The third-order valence-electron chi connectivity index (χ3n) is 4.71. The van der Waals surface area contributed by atoms with Gasteiger partial charge in [0.15, 0.2) is 0 Å². The molecule has 144 valence electrons. The summed E-state index contributed by atoms with van der Waals surface area (Å²) in [6.45, 7) is 2.13. The first-order valence-electron chi connectivity index (χ1n) is 9.20. The highest BCUT2D eigenvalue weighted by Crippen LogP contribution is 2.25. The Hall–Kier alpha value is -2.77. The molecule has 8 heteroatoms. The van der Waals surface area contributed by atoms with Gasteiger partial charge < -0.3 is 14.7 Å². The summed E-state index contributed by atoms with van der Waals surface area (Å²) >= 11 is 6.13. The molecule has 1 aliphatic rings. The van der Waals surface area contributed by atoms with Crippen molar-refractivity contribution in [1.29, 1.82) is 0 Å². The number of nitrogens with one attached hydrogen (secondary N) is 1. The highest BCUT2D eigenvalue weighted by atomic mass is 35.5. The fourth-order valence-electron chi connectivity index (χ4n) is 3.33. The van der Waals surface area contributed by atoms with E-state index in [1.54, 1.807) is 6.20 Å². The van der Waals surface area contributed by atoms with Crippen molar-refractivity contribution in [2.75, 3.05) is 19.6 Å². The minimum Gasteiger partial charge on any atom is -0.339 e. The monoisotopic (exact) mass is 397 g/mol. The van der Waals surface area contributed by atoms with Crippen LogP contribution in [-0.2, 0) is 11.2 Å². The molecule has 2 aromatic heterocycles. The molecule has 1 aromatic carbocycles. The van der Waals surface area contributed by atoms with Crippen molar-refractivity contribution in [3.8, 4) is 11.5 Å². The zero-order valence-electron chi connectivity index (χ0n) is 15.2. The number of carbonyl (C=O) groups is 1. The van der Waals surface area contributed by atoms with Crippen LogP contribution in [-0.4, -0.2) is 45.6 Å². The maximum absolute atomic E-state index is 12.9. The number of rotatable bonds is 5. The van der Waals surface area contributed by atoms with Crippen molar-refractivity contribution in [2.45, 2.75) is 18.9 Å². The van der Waals surface area contributed by atoms with E-state index >= 15 is 0 Å². The molecule has 3 aromatic rings. The summed E-state index contributed by atoms with van der Waals surface area (Å²) in [7, 11) is 0. The maximum atomic E-state index is 12.9. The van der Waals surface area contributed by atoms with Crippen LogP contribution in [0.3, 0.4) is 0 Å². The van der Waals surface area contributed by atoms with Gasteiger partial charge in [0.1, 0.15) is 5.69 Å². The second-order valence-corrected chi connectivity index (χ2v) is 7.03. The van der Waals surface area contributed by atoms with Crippen LogP contribution in [0.2, 0.25) is 5.02 Å². The molecule has 0 bridgehead atoms. The molecule has 7 nitrogen and oxygen atoms in total. The molecule has 28 heavy (non-hydrogen) atoms. The molecule has 1 atom stereocenters. The average Bonchev–Trinajstić information content (AvgIpc) is 3.22. The van der Waals surface area contributed by atoms with Crippen LogP contribution in [0.15, 0.2) is 53.2 Å². The second kappa shape index (κ2) is 8.50. The van der Waals surface area contributed by atoms with E-state index < -0.39 is 0 Å². The number of aryl methyl sites for hydroxylation is 1. The Balaban J connectivity index is 1.42. The summed E-state index contributed by atoms with van der Waals surface area (Å²) in [6, 6.07) is 13.1. The molecule has 1 aliphatic heterocycles. The number of pyridine rings is 1. The Labute approximate surface area is 167 Å². The van der Waals surface area contributed by atoms with Crippen LogP contribution in [0.1, 0.15) is 23.9 Å². The number of piperazine rings is 1. The lowest BCUT2D eigenvalue weighted by atomic mass is 10.0. The predicted octanol–water partition coefficient (Wildman–Crippen LogP) is 2.89. The van der Waals surface area contributed by atoms with E-state index in [1.165, 1.54) is 0 Å². The number of amides is 1. The van der Waals surface area contributed by atoms with Gasteiger partial charge in [0.05, 0.1) is 6.04 Å². The second-order valence-electron chi connectivity index (χ2n) is 6.59. The number of hydrogen-bond donors (Lipinski definition) is 1. The quantitative estimate of drug-likeness (QED) is 0.712. The van der Waals surface area contributed by atoms with E-state index in [2.05, 4.69) is 20.4 Å². The van der Waals surface area contributed by atoms with Crippen molar-refractivity contribution in [3.63, 3.8) is 0 Å². The molecule has 1 saturated heterocycles. The Kier molecular flexibility index (Phi) is 5.64. The Bertz CT molecular complexity index is 947. The number of hydrogen-bond acceptors (Lipinski definition) is 6. The maximum Gasteiger partial charge on any atom is 0.227 e. The first kappa shape index (κ1) is 18.6. The molecule has 0 saturated carbocycles. The first-order valence-corrected chi connectivity index (χ1v) is 9.58. The smallest absolute Gasteiger partial charge is 0.227 e. The van der Waals surface area contributed by atoms with Crippen molar-refractivity contribution in [1.82, 2.24) is 25.3 Å². The highest BCUT2D eigenvalue weighted by molar-refractivity contribution is 6.30. The zero-order valence-corrected chi connectivity index (χ0v) is 16.0. The van der Waals surface area contributed by atoms with Gasteiger partial charge in [-0.25, -0.2) is 0 Å². The number of benzene rings is 1. The number of aromatic nitrogens is 3. The lowest BCUT2D eigenvalue weighted by Crippen LogP contribution is -2.48. The van der Waals surface area contributed by atoms with Crippen molar-refractivity contribution < 1.29 is 9.32 Å². The van der Waals surface area contributed by atoms with Crippen LogP contribution in [0.25, 0.3) is 11.5 Å². The van der Waals surface area contributed by atoms with Gasteiger partial charge in [-0.2, -0.15) is 4.98 Å². The third kappa shape index (κ3) is 4.21. The van der Waals surface area contributed by atoms with Crippen molar-refractivity contribution in [3.05, 3.63) is 65.1 Å². The van der Waals surface area contributed by atoms with Crippen molar-refractivity contribution in [2.24, 2.45) is 0 Å². The van der Waals surface area contributed by atoms with E-state index in [4.69, 9.17) is 16.1 Å². The average molecular weight is 398 g/mol. The predicted molar refractivity (Wildman–Crippen MR) is 105 cm³/mol. The van der Waals surface area contributed by atoms with Gasteiger partial charge >= 0.3 is 0 Å². The van der Waals surface area contributed by atoms with Crippen LogP contribution in [0.5, 0.6) is 0 Å². The topological polar surface area (TPSA) is 84.1 Å². The van der Waals surface area contributed by atoms with Crippen molar-refractivity contribution >= 4 is 17.5 Å². The van der Waals surface area contributed by atoms with Gasteiger partial charge in [-0.05, 0) is 29.8 Å². The molecule has 1 unspecified atom stereocenters. The molecule has 1 N–H and O–H groups in total. The normalized spacial score (nSPS) is 16.9. The summed E-state index contributed by atoms with van der Waals surface area (Å²) in [5.74, 6) is 0.925. The van der Waals surface area contributed by atoms with Gasteiger partial charge in [0.2, 0.25) is 17.6 Å². The number of nitrogens with zero attached hydrogens (tertiary/aromatic N) is 4. The summed E-state index contributed by atoms with van der Waals surface area (Å²) < 4.78 is 5.28. The van der Waals surface area contributed by atoms with Gasteiger partial charge in [0, 0.05) is 43.7 Å². The molecule has 0 spiro atoms. The van der Waals surface area contributed by atoms with E-state index in [9.17, 15) is 4.79 Å². The van der Waals surface area contributed by atoms with E-state index in [0.717, 1.165) is 12.1 Å². The lowest BCUT2D eigenvalue weighted by molar-refractivity contribution is -0.134. The van der Waals surface area contributed by atoms with Gasteiger partial charge in [-0.1, -0.05) is 35.0 Å². The van der Waals surface area contributed by atoms with E-state index in [-0.39, 0.29) is 11.9 Å². The van der Waals surface area contributed by atoms with Crippen LogP contribution in [0.4, 0.5) is 0 Å². The van der Waals surface area contributed by atoms with Crippen LogP contribution in [0, 0.1) is 0 Å². The van der Waals surface area contributed by atoms with Gasteiger partial charge in [0.25, 0.3) is 0 Å². The summed E-state index contributed by atoms with van der Waals surface area (Å²) in [4.78, 5) is 23.3. The van der Waals surface area contributed by atoms with E-state index in [0.29, 0.717) is 48.4 Å². The molecule has 0 aliphatic carbocycles. The van der Waals surface area contributed by atoms with Gasteiger partial charge in [-0.3, -0.25) is 9.78 Å². The van der Waals surface area contributed by atoms with E-state index in [1.807, 2.05) is 47.4 Å². The standard InChI is InChI=1S/C20H20ClN5O2/c21-15-5-3-4-14(12-15)17-13-22-10-11-26(17)19(27)8-7-18-24-20(25-28-18)16-6-1-2-9-23-16/h1-6,9,12,17,22H,7-8,10-11,13H2. The Morgan fingerprint density at radius 3 is 3.04 bits per heavy atom. The largest absolute Gasteiger partial charge is 0.339 e. The summed E-state index contributed by atoms with van der Waals surface area (Å²) in [5, 5.41) is 7.97. The molecular weight excluding hydrogens is 378 g/mol. The minimum absolute atomic E-state index is 0.0354. The number of halogens is 1. The van der Waals surface area contributed by atoms with Crippen LogP contribution >= 0.6 is 11.6 Å². The zero-order chi connectivity index (χ0) is 19.3. The number of carbonyl (C=O) groups excluding carboxylic acids is 1. The molecule has 1 amide bonds. The molecule has 4 rings (SSSR count). The SMILES string of the molecule is O=C(CCc1nc(-c2ccccn2)no1)N1CCNCC1c1cccc(Cl)c1. The summed E-state index contributed by atoms with van der Waals surface area (Å²) in [6.07, 6.45) is 2.38. The third-order valence-corrected chi connectivity index (χ3v) is 4.95. The molecule has 3 heterocycles. The highest BCUT2D eigenvalue weighted by Gasteiger charge is 2.28. The van der Waals surface area contributed by atoms with Gasteiger partial charge in [-0.15, -0.1) is 0 Å². The molecular formula is C20H20ClN5O2. The Morgan fingerprint density at radius 1 is 1.29 bits per heavy atom.